The summed E-state index contributed by atoms with van der Waals surface area (Å²) in [4.78, 5) is 26.2. The van der Waals surface area contributed by atoms with Crippen LogP contribution >= 0.6 is 0 Å². The van der Waals surface area contributed by atoms with Gasteiger partial charge in [-0.3, -0.25) is 9.59 Å². The molecule has 2 aromatic rings. The normalized spacial score (nSPS) is 13.4. The van der Waals surface area contributed by atoms with E-state index in [9.17, 15) is 9.59 Å². The second-order valence-corrected chi connectivity index (χ2v) is 7.57. The van der Waals surface area contributed by atoms with E-state index in [4.69, 9.17) is 9.47 Å². The Bertz CT molecular complexity index is 907. The van der Waals surface area contributed by atoms with Gasteiger partial charge in [-0.25, -0.2) is 0 Å². The van der Waals surface area contributed by atoms with E-state index in [1.54, 1.807) is 18.2 Å². The average Bonchev–Trinajstić information content (AvgIpc) is 2.78. The molecule has 0 aromatic heterocycles. The Morgan fingerprint density at radius 2 is 1.48 bits per heavy atom. The van der Waals surface area contributed by atoms with Crippen molar-refractivity contribution in [1.82, 2.24) is 0 Å². The molecule has 1 aliphatic rings. The van der Waals surface area contributed by atoms with Crippen molar-refractivity contribution in [2.24, 2.45) is 0 Å². The summed E-state index contributed by atoms with van der Waals surface area (Å²) >= 11 is 0. The first-order chi connectivity index (χ1) is 15.0. The first-order valence-corrected chi connectivity index (χ1v) is 11.0. The highest BCUT2D eigenvalue weighted by Crippen LogP contribution is 2.32. The van der Waals surface area contributed by atoms with E-state index in [-0.39, 0.29) is 24.9 Å². The smallest absolute Gasteiger partial charge is 0.279 e. The van der Waals surface area contributed by atoms with E-state index in [0.717, 1.165) is 34.6 Å². The number of benzene rings is 2. The fourth-order valence-corrected chi connectivity index (χ4v) is 3.68. The van der Waals surface area contributed by atoms with E-state index >= 15 is 0 Å². The van der Waals surface area contributed by atoms with Crippen molar-refractivity contribution < 1.29 is 24.0 Å². The predicted octanol–water partition coefficient (Wildman–Crippen LogP) is 2.06. The monoisotopic (exact) mass is 426 g/mol. The lowest BCUT2D eigenvalue weighted by Crippen LogP contribution is -3.13. The Labute approximate surface area is 183 Å². The minimum atomic E-state index is -0.149. The number of para-hydroxylation sites is 1. The second-order valence-electron chi connectivity index (χ2n) is 7.57. The highest BCUT2D eigenvalue weighted by Gasteiger charge is 2.19. The van der Waals surface area contributed by atoms with Crippen LogP contribution in [0.25, 0.3) is 0 Å². The van der Waals surface area contributed by atoms with Gasteiger partial charge in [0.15, 0.2) is 24.6 Å². The minimum absolute atomic E-state index is 0.0837. The lowest BCUT2D eigenvalue weighted by Gasteiger charge is -2.20. The largest absolute Gasteiger partial charge is 0.486 e. The molecular formula is C24H32N3O4+. The van der Waals surface area contributed by atoms with Gasteiger partial charge in [0.2, 0.25) is 0 Å². The molecule has 166 valence electrons. The number of amides is 2. The molecule has 2 aromatic carbocycles. The molecular weight excluding hydrogens is 394 g/mol. The van der Waals surface area contributed by atoms with Crippen molar-refractivity contribution in [3.63, 3.8) is 0 Å². The number of carbonyl (C=O) groups excluding carboxylic acids is 2. The zero-order valence-electron chi connectivity index (χ0n) is 18.5. The maximum absolute atomic E-state index is 12.7. The number of anilines is 2. The van der Waals surface area contributed by atoms with Crippen LogP contribution in [0.2, 0.25) is 0 Å². The molecule has 0 spiro atoms. The molecule has 0 aliphatic carbocycles. The maximum Gasteiger partial charge on any atom is 0.279 e. The average molecular weight is 427 g/mol. The van der Waals surface area contributed by atoms with Crippen LogP contribution in [0.4, 0.5) is 11.4 Å². The fourth-order valence-electron chi connectivity index (χ4n) is 3.68. The van der Waals surface area contributed by atoms with Gasteiger partial charge in [0.1, 0.15) is 13.2 Å². The molecule has 31 heavy (non-hydrogen) atoms. The van der Waals surface area contributed by atoms with Gasteiger partial charge in [-0.2, -0.15) is 0 Å². The van der Waals surface area contributed by atoms with E-state index in [0.29, 0.717) is 36.9 Å². The third kappa shape index (κ3) is 5.98. The highest BCUT2D eigenvalue weighted by atomic mass is 16.6. The van der Waals surface area contributed by atoms with Crippen molar-refractivity contribution in [2.45, 2.75) is 33.6 Å². The topological polar surface area (TPSA) is 81.1 Å². The summed E-state index contributed by atoms with van der Waals surface area (Å²) in [5.41, 5.74) is 3.82. The summed E-state index contributed by atoms with van der Waals surface area (Å²) < 4.78 is 11.1. The molecule has 0 bridgehead atoms. The molecule has 1 atom stereocenters. The van der Waals surface area contributed by atoms with E-state index < -0.39 is 0 Å². The molecule has 0 saturated carbocycles. The minimum Gasteiger partial charge on any atom is -0.486 e. The Morgan fingerprint density at radius 3 is 2.10 bits per heavy atom. The van der Waals surface area contributed by atoms with Crippen LogP contribution in [-0.4, -0.2) is 44.7 Å². The number of ether oxygens (including phenoxy) is 2. The second kappa shape index (κ2) is 10.8. The molecule has 7 nitrogen and oxygen atoms in total. The third-order valence-corrected chi connectivity index (χ3v) is 5.41. The standard InChI is InChI=1S/C24H31N3O4/c1-4-17-8-7-9-18(5-2)24(17)26-23(29)16-27(6-3)15-22(28)25-19-10-11-20-21(14-19)31-13-12-30-20/h7-11,14H,4-6,12-13,15-16H2,1-3H3,(H,25,28)(H,26,29)/p+1. The maximum atomic E-state index is 12.7. The number of quaternary nitrogens is 1. The number of likely N-dealkylation sites (N-methyl/N-ethyl adjacent to an activating group) is 1. The van der Waals surface area contributed by atoms with Gasteiger partial charge in [-0.15, -0.1) is 0 Å². The molecule has 3 rings (SSSR count). The number of hydrogen-bond donors (Lipinski definition) is 3. The molecule has 0 radical (unpaired) electrons. The van der Waals surface area contributed by atoms with Gasteiger partial charge in [-0.1, -0.05) is 32.0 Å². The molecule has 7 heteroatoms. The number of rotatable bonds is 9. The lowest BCUT2D eigenvalue weighted by molar-refractivity contribution is -0.881. The van der Waals surface area contributed by atoms with Crippen molar-refractivity contribution >= 4 is 23.2 Å². The Balaban J connectivity index is 1.57. The SMILES string of the molecule is CCc1cccc(CC)c1NC(=O)C[NH+](CC)CC(=O)Nc1ccc2c(c1)OCCO2. The number of hydrogen-bond acceptors (Lipinski definition) is 4. The predicted molar refractivity (Wildman–Crippen MR) is 121 cm³/mol. The Morgan fingerprint density at radius 1 is 0.871 bits per heavy atom. The van der Waals surface area contributed by atoms with Crippen LogP contribution in [-0.2, 0) is 22.4 Å². The lowest BCUT2D eigenvalue weighted by atomic mass is 10.0. The van der Waals surface area contributed by atoms with Gasteiger partial charge in [0, 0.05) is 17.4 Å². The number of aryl methyl sites for hydroxylation is 2. The van der Waals surface area contributed by atoms with Crippen molar-refractivity contribution in [3.8, 4) is 11.5 Å². The molecule has 0 saturated heterocycles. The molecule has 3 N–H and O–H groups in total. The summed E-state index contributed by atoms with van der Waals surface area (Å²) in [6.07, 6.45) is 1.71. The zero-order chi connectivity index (χ0) is 22.2. The van der Waals surface area contributed by atoms with Gasteiger partial charge in [-0.05, 0) is 43.0 Å². The van der Waals surface area contributed by atoms with Gasteiger partial charge in [0.25, 0.3) is 11.8 Å². The van der Waals surface area contributed by atoms with E-state index in [1.165, 1.54) is 0 Å². The molecule has 2 amide bonds. The van der Waals surface area contributed by atoms with Gasteiger partial charge in [0.05, 0.1) is 6.54 Å². The summed E-state index contributed by atoms with van der Waals surface area (Å²) in [5, 5.41) is 5.97. The Kier molecular flexibility index (Phi) is 7.89. The van der Waals surface area contributed by atoms with Crippen LogP contribution in [0.3, 0.4) is 0 Å². The molecule has 0 fully saturated rings. The number of nitrogens with one attached hydrogen (secondary N) is 3. The highest BCUT2D eigenvalue weighted by molar-refractivity contribution is 5.94. The fraction of sp³-hybridized carbons (Fsp3) is 0.417. The van der Waals surface area contributed by atoms with Crippen molar-refractivity contribution in [3.05, 3.63) is 47.5 Å². The van der Waals surface area contributed by atoms with Gasteiger partial charge < -0.3 is 25.0 Å². The third-order valence-electron chi connectivity index (χ3n) is 5.41. The summed E-state index contributed by atoms with van der Waals surface area (Å²) in [5.74, 6) is 1.08. The molecule has 1 unspecified atom stereocenters. The van der Waals surface area contributed by atoms with Crippen molar-refractivity contribution in [1.29, 1.82) is 0 Å². The van der Waals surface area contributed by atoms with Crippen molar-refractivity contribution in [2.75, 3.05) is 43.5 Å². The first-order valence-electron chi connectivity index (χ1n) is 11.0. The molecule has 1 heterocycles. The summed E-state index contributed by atoms with van der Waals surface area (Å²) in [7, 11) is 0. The quantitative estimate of drug-likeness (QED) is 0.573. The molecule has 1 aliphatic heterocycles. The first kappa shape index (κ1) is 22.6. The number of fused-ring (bicyclic) bond motifs is 1. The zero-order valence-corrected chi connectivity index (χ0v) is 18.5. The summed E-state index contributed by atoms with van der Waals surface area (Å²) in [6, 6.07) is 11.5. The van der Waals surface area contributed by atoms with Crippen LogP contribution in [0.5, 0.6) is 11.5 Å². The van der Waals surface area contributed by atoms with Crippen LogP contribution < -0.4 is 25.0 Å². The summed E-state index contributed by atoms with van der Waals surface area (Å²) in [6.45, 7) is 8.24. The number of carbonyl (C=O) groups is 2. The van der Waals surface area contributed by atoms with Crippen LogP contribution in [0.15, 0.2) is 36.4 Å². The van der Waals surface area contributed by atoms with Crippen LogP contribution in [0.1, 0.15) is 31.9 Å². The van der Waals surface area contributed by atoms with Crippen LogP contribution in [0, 0.1) is 0 Å². The van der Waals surface area contributed by atoms with E-state index in [1.807, 2.05) is 25.1 Å². The van der Waals surface area contributed by atoms with Gasteiger partial charge >= 0.3 is 0 Å². The van der Waals surface area contributed by atoms with E-state index in [2.05, 4.69) is 24.5 Å². The Hall–Kier alpha value is -3.06.